The summed E-state index contributed by atoms with van der Waals surface area (Å²) in [7, 11) is 0. The van der Waals surface area contributed by atoms with E-state index in [2.05, 4.69) is 11.8 Å². The van der Waals surface area contributed by atoms with E-state index >= 15 is 0 Å². The zero-order valence-electron chi connectivity index (χ0n) is 9.77. The Morgan fingerprint density at radius 2 is 1.79 bits per heavy atom. The fraction of sp³-hybridized carbons (Fsp3) is 0.750. The number of hydrogen-bond acceptors (Lipinski definition) is 1. The number of rotatable bonds is 3. The molecule has 80 valence electrons. The fourth-order valence-corrected chi connectivity index (χ4v) is 0.856. The summed E-state index contributed by atoms with van der Waals surface area (Å²) in [6.45, 7) is 9.68. The van der Waals surface area contributed by atoms with Crippen molar-refractivity contribution in [1.82, 2.24) is 0 Å². The third kappa shape index (κ3) is 4.32. The number of carbonyl (C=O) groups is 1. The van der Waals surface area contributed by atoms with Crippen LogP contribution in [0.4, 0.5) is 0 Å². The van der Waals surface area contributed by atoms with Crippen LogP contribution in [-0.2, 0) is 4.79 Å². The Kier molecular flexibility index (Phi) is 4.19. The first kappa shape index (κ1) is 13.0. The average molecular weight is 196 g/mol. The first-order valence-electron chi connectivity index (χ1n) is 4.95. The minimum Gasteiger partial charge on any atom is -0.481 e. The van der Waals surface area contributed by atoms with Crippen molar-refractivity contribution in [3.8, 4) is 11.8 Å². The molecule has 0 saturated heterocycles. The van der Waals surface area contributed by atoms with Crippen LogP contribution in [0.2, 0.25) is 0 Å². The van der Waals surface area contributed by atoms with Gasteiger partial charge in [0.1, 0.15) is 0 Å². The van der Waals surface area contributed by atoms with E-state index < -0.39 is 11.4 Å². The molecule has 0 bridgehead atoms. The number of carboxylic acid groups (broad SMARTS) is 1. The van der Waals surface area contributed by atoms with E-state index in [0.717, 1.165) is 0 Å². The van der Waals surface area contributed by atoms with E-state index in [0.29, 0.717) is 12.8 Å². The molecule has 0 aromatic heterocycles. The minimum atomic E-state index is -0.761. The maximum absolute atomic E-state index is 10.9. The van der Waals surface area contributed by atoms with Gasteiger partial charge in [0.15, 0.2) is 0 Å². The third-order valence-electron chi connectivity index (χ3n) is 2.24. The van der Waals surface area contributed by atoms with Crippen LogP contribution >= 0.6 is 0 Å². The van der Waals surface area contributed by atoms with Gasteiger partial charge in [-0.3, -0.25) is 4.79 Å². The highest BCUT2D eigenvalue weighted by molar-refractivity contribution is 5.74. The van der Waals surface area contributed by atoms with E-state index in [9.17, 15) is 4.79 Å². The summed E-state index contributed by atoms with van der Waals surface area (Å²) in [5.41, 5.74) is -0.745. The normalized spacial score (nSPS) is 15.2. The molecule has 0 spiro atoms. The summed E-state index contributed by atoms with van der Waals surface area (Å²) >= 11 is 0. The summed E-state index contributed by atoms with van der Waals surface area (Å²) in [5, 5.41) is 8.99. The second-order valence-electron chi connectivity index (χ2n) is 4.95. The number of carboxylic acids is 1. The molecule has 2 nitrogen and oxygen atoms in total. The quantitative estimate of drug-likeness (QED) is 0.705. The predicted molar refractivity (Wildman–Crippen MR) is 57.9 cm³/mol. The van der Waals surface area contributed by atoms with E-state index in [4.69, 9.17) is 5.11 Å². The zero-order chi connectivity index (χ0) is 11.4. The molecule has 0 heterocycles. The molecule has 2 heteroatoms. The van der Waals surface area contributed by atoms with Gasteiger partial charge in [-0.05, 0) is 34.1 Å². The van der Waals surface area contributed by atoms with Crippen molar-refractivity contribution in [2.75, 3.05) is 0 Å². The van der Waals surface area contributed by atoms with Gasteiger partial charge in [0.2, 0.25) is 0 Å². The largest absolute Gasteiger partial charge is 0.481 e. The average Bonchev–Trinajstić information content (AvgIpc) is 2.01. The summed E-state index contributed by atoms with van der Waals surface area (Å²) < 4.78 is 0. The molecule has 0 saturated carbocycles. The van der Waals surface area contributed by atoms with Crippen LogP contribution in [0.3, 0.4) is 0 Å². The SMILES string of the molecule is CCC(C)(CC#CC(C)(C)C)C(=O)O. The van der Waals surface area contributed by atoms with E-state index in [1.165, 1.54) is 0 Å². The highest BCUT2D eigenvalue weighted by Gasteiger charge is 2.29. The van der Waals surface area contributed by atoms with Crippen LogP contribution < -0.4 is 0 Å². The second-order valence-corrected chi connectivity index (χ2v) is 4.95. The summed E-state index contributed by atoms with van der Waals surface area (Å²) in [6.07, 6.45) is 1.04. The van der Waals surface area contributed by atoms with Crippen LogP contribution in [0.15, 0.2) is 0 Å². The lowest BCUT2D eigenvalue weighted by Gasteiger charge is -2.19. The summed E-state index contributed by atoms with van der Waals surface area (Å²) in [6, 6.07) is 0. The van der Waals surface area contributed by atoms with Crippen molar-refractivity contribution in [3.63, 3.8) is 0 Å². The van der Waals surface area contributed by atoms with Gasteiger partial charge >= 0.3 is 5.97 Å². The zero-order valence-corrected chi connectivity index (χ0v) is 9.77. The Balaban J connectivity index is 4.49. The Bertz CT molecular complexity index is 262. The van der Waals surface area contributed by atoms with Gasteiger partial charge in [-0.15, -0.1) is 5.92 Å². The standard InChI is InChI=1S/C12H20O2/c1-6-12(5,10(13)14)9-7-8-11(2,3)4/h6,9H2,1-5H3,(H,13,14). The molecule has 0 rings (SSSR count). The molecule has 1 unspecified atom stereocenters. The predicted octanol–water partition coefficient (Wildman–Crippen LogP) is 2.93. The van der Waals surface area contributed by atoms with E-state index in [-0.39, 0.29) is 5.41 Å². The van der Waals surface area contributed by atoms with E-state index in [1.54, 1.807) is 6.92 Å². The molecule has 0 aromatic rings. The Morgan fingerprint density at radius 1 is 1.29 bits per heavy atom. The third-order valence-corrected chi connectivity index (χ3v) is 2.24. The first-order chi connectivity index (χ1) is 6.21. The van der Waals surface area contributed by atoms with Gasteiger partial charge in [0.05, 0.1) is 5.41 Å². The van der Waals surface area contributed by atoms with Crippen molar-refractivity contribution in [3.05, 3.63) is 0 Å². The second kappa shape index (κ2) is 4.50. The van der Waals surface area contributed by atoms with Gasteiger partial charge < -0.3 is 5.11 Å². The molecular weight excluding hydrogens is 176 g/mol. The summed E-state index contributed by atoms with van der Waals surface area (Å²) in [4.78, 5) is 10.9. The fourth-order valence-electron chi connectivity index (χ4n) is 0.856. The smallest absolute Gasteiger partial charge is 0.310 e. The summed E-state index contributed by atoms with van der Waals surface area (Å²) in [5.74, 6) is 5.26. The monoisotopic (exact) mass is 196 g/mol. The lowest BCUT2D eigenvalue weighted by atomic mass is 9.84. The molecule has 1 N–H and O–H groups in total. The Hall–Kier alpha value is -0.970. The van der Waals surface area contributed by atoms with Crippen LogP contribution in [0.1, 0.15) is 47.5 Å². The molecular formula is C12H20O2. The molecule has 0 amide bonds. The van der Waals surface area contributed by atoms with Crippen molar-refractivity contribution in [2.24, 2.45) is 10.8 Å². The molecule has 0 aliphatic carbocycles. The van der Waals surface area contributed by atoms with Crippen molar-refractivity contribution in [1.29, 1.82) is 0 Å². The highest BCUT2D eigenvalue weighted by atomic mass is 16.4. The Morgan fingerprint density at radius 3 is 2.07 bits per heavy atom. The van der Waals surface area contributed by atoms with Gasteiger partial charge in [-0.1, -0.05) is 12.8 Å². The molecule has 0 fully saturated rings. The van der Waals surface area contributed by atoms with Gasteiger partial charge in [0.25, 0.3) is 0 Å². The van der Waals surface area contributed by atoms with Crippen LogP contribution in [0.5, 0.6) is 0 Å². The topological polar surface area (TPSA) is 37.3 Å². The maximum atomic E-state index is 10.9. The van der Waals surface area contributed by atoms with Crippen LogP contribution in [0.25, 0.3) is 0 Å². The number of aliphatic carboxylic acids is 1. The van der Waals surface area contributed by atoms with Crippen LogP contribution in [0, 0.1) is 22.7 Å². The van der Waals surface area contributed by atoms with Crippen molar-refractivity contribution < 1.29 is 9.90 Å². The molecule has 0 radical (unpaired) electrons. The maximum Gasteiger partial charge on any atom is 0.310 e. The Labute approximate surface area is 86.7 Å². The molecule has 0 aromatic carbocycles. The molecule has 0 aliphatic rings. The van der Waals surface area contributed by atoms with E-state index in [1.807, 2.05) is 27.7 Å². The highest BCUT2D eigenvalue weighted by Crippen LogP contribution is 2.25. The molecule has 0 aliphatic heterocycles. The molecule has 14 heavy (non-hydrogen) atoms. The number of hydrogen-bond donors (Lipinski definition) is 1. The van der Waals surface area contributed by atoms with Crippen LogP contribution in [-0.4, -0.2) is 11.1 Å². The lowest BCUT2D eigenvalue weighted by Crippen LogP contribution is -2.26. The lowest BCUT2D eigenvalue weighted by molar-refractivity contribution is -0.147. The van der Waals surface area contributed by atoms with Gasteiger partial charge in [-0.25, -0.2) is 0 Å². The first-order valence-corrected chi connectivity index (χ1v) is 4.95. The minimum absolute atomic E-state index is 0.0485. The van der Waals surface area contributed by atoms with Gasteiger partial charge in [-0.2, -0.15) is 0 Å². The van der Waals surface area contributed by atoms with Crippen molar-refractivity contribution in [2.45, 2.75) is 47.5 Å². The van der Waals surface area contributed by atoms with Gasteiger partial charge in [0, 0.05) is 11.8 Å². The van der Waals surface area contributed by atoms with Crippen molar-refractivity contribution >= 4 is 5.97 Å². The molecule has 1 atom stereocenters.